The molecular weight excluding hydrogens is 306 g/mol. The molecule has 2 atom stereocenters. The molecule has 2 heterocycles. The number of aromatic nitrogens is 2. The van der Waals surface area contributed by atoms with Crippen molar-refractivity contribution in [2.75, 3.05) is 13.2 Å². The van der Waals surface area contributed by atoms with Crippen LogP contribution in [0.1, 0.15) is 64.2 Å². The van der Waals surface area contributed by atoms with E-state index < -0.39 is 0 Å². The Balaban J connectivity index is 1.77. The monoisotopic (exact) mass is 333 g/mol. The van der Waals surface area contributed by atoms with E-state index in [0.717, 1.165) is 25.7 Å². The molecule has 1 saturated heterocycles. The third kappa shape index (κ3) is 3.69. The van der Waals surface area contributed by atoms with Gasteiger partial charge in [-0.3, -0.25) is 4.79 Å². The van der Waals surface area contributed by atoms with Crippen molar-refractivity contribution in [1.82, 2.24) is 15.0 Å². The first kappa shape index (κ1) is 17.1. The van der Waals surface area contributed by atoms with Crippen LogP contribution in [0.3, 0.4) is 0 Å². The molecule has 0 radical (unpaired) electrons. The van der Waals surface area contributed by atoms with Gasteiger partial charge in [-0.05, 0) is 44.9 Å². The maximum absolute atomic E-state index is 12.9. The number of nitrogens with zero attached hydrogens (tertiary/aromatic N) is 3. The van der Waals surface area contributed by atoms with Crippen molar-refractivity contribution in [3.8, 4) is 0 Å². The highest BCUT2D eigenvalue weighted by molar-refractivity contribution is 5.88. The minimum Gasteiger partial charge on any atom is -0.374 e. The van der Waals surface area contributed by atoms with Crippen LogP contribution in [-0.2, 0) is 9.53 Å². The summed E-state index contributed by atoms with van der Waals surface area (Å²) in [5, 5.41) is 3.86. The van der Waals surface area contributed by atoms with Crippen molar-refractivity contribution in [1.29, 1.82) is 0 Å². The molecule has 0 aromatic carbocycles. The summed E-state index contributed by atoms with van der Waals surface area (Å²) in [6.07, 6.45) is 5.94. The Bertz CT molecular complexity index is 623. The number of amides is 1. The van der Waals surface area contributed by atoms with Crippen LogP contribution in [0.5, 0.6) is 0 Å². The van der Waals surface area contributed by atoms with Gasteiger partial charge >= 0.3 is 0 Å². The van der Waals surface area contributed by atoms with E-state index >= 15 is 0 Å². The number of hydrogen-bond acceptors (Lipinski definition) is 5. The number of rotatable bonds is 2. The molecular formula is C18H27N3O3. The van der Waals surface area contributed by atoms with Gasteiger partial charge < -0.3 is 14.2 Å². The summed E-state index contributed by atoms with van der Waals surface area (Å²) in [7, 11) is 0. The van der Waals surface area contributed by atoms with Gasteiger partial charge in [0.05, 0.1) is 12.7 Å². The highest BCUT2D eigenvalue weighted by Crippen LogP contribution is 2.38. The van der Waals surface area contributed by atoms with E-state index in [1.165, 1.54) is 5.57 Å². The van der Waals surface area contributed by atoms with Gasteiger partial charge in [-0.2, -0.15) is 4.98 Å². The van der Waals surface area contributed by atoms with E-state index in [4.69, 9.17) is 9.26 Å². The molecule has 1 aromatic rings. The topological polar surface area (TPSA) is 68.5 Å². The zero-order chi connectivity index (χ0) is 17.3. The Morgan fingerprint density at radius 1 is 1.33 bits per heavy atom. The molecule has 1 aromatic heterocycles. The number of carbonyl (C=O) groups is 1. The minimum atomic E-state index is -0.315. The Morgan fingerprint density at radius 2 is 2.04 bits per heavy atom. The van der Waals surface area contributed by atoms with Gasteiger partial charge in [-0.1, -0.05) is 24.6 Å². The quantitative estimate of drug-likeness (QED) is 0.778. The van der Waals surface area contributed by atoms with Crippen molar-refractivity contribution in [3.05, 3.63) is 23.4 Å². The van der Waals surface area contributed by atoms with Gasteiger partial charge in [0, 0.05) is 12.6 Å². The van der Waals surface area contributed by atoms with Crippen LogP contribution in [-0.4, -0.2) is 40.2 Å². The molecule has 132 valence electrons. The van der Waals surface area contributed by atoms with Crippen molar-refractivity contribution in [2.24, 2.45) is 5.41 Å². The van der Waals surface area contributed by atoms with E-state index in [9.17, 15) is 4.79 Å². The summed E-state index contributed by atoms with van der Waals surface area (Å²) in [5.74, 6) is 1.06. The van der Waals surface area contributed by atoms with Gasteiger partial charge in [0.25, 0.3) is 5.89 Å². The largest absolute Gasteiger partial charge is 0.374 e. The zero-order valence-corrected chi connectivity index (χ0v) is 15.0. The van der Waals surface area contributed by atoms with Crippen LogP contribution in [0, 0.1) is 12.3 Å². The fourth-order valence-corrected chi connectivity index (χ4v) is 3.48. The predicted molar refractivity (Wildman–Crippen MR) is 89.2 cm³/mol. The molecule has 0 N–H and O–H groups in total. The molecule has 6 nitrogen and oxygen atoms in total. The fourth-order valence-electron chi connectivity index (χ4n) is 3.48. The standard InChI is InChI=1S/C18H27N3O3/c1-12-16(17-19-13(2)20-24-17)21(9-10-23-12)15(22)11-14-5-7-18(3,4)8-6-14/h11-12,16H,5-10H2,1-4H3/t12-,16+/m1/s1. The van der Waals surface area contributed by atoms with Crippen LogP contribution in [0.25, 0.3) is 0 Å². The highest BCUT2D eigenvalue weighted by atomic mass is 16.5. The first-order chi connectivity index (χ1) is 11.4. The SMILES string of the molecule is Cc1noc([C@@H]2[C@@H](C)OCCN2C(=O)C=C2CCC(C)(C)CC2)n1. The lowest BCUT2D eigenvalue weighted by Crippen LogP contribution is -2.47. The molecule has 2 fully saturated rings. The molecule has 1 saturated carbocycles. The molecule has 0 bridgehead atoms. The number of hydrogen-bond donors (Lipinski definition) is 0. The molecule has 0 spiro atoms. The van der Waals surface area contributed by atoms with Crippen LogP contribution < -0.4 is 0 Å². The third-order valence-electron chi connectivity index (χ3n) is 5.15. The molecule has 1 aliphatic heterocycles. The summed E-state index contributed by atoms with van der Waals surface area (Å²) < 4.78 is 11.0. The average molecular weight is 333 g/mol. The minimum absolute atomic E-state index is 0.0284. The maximum atomic E-state index is 12.9. The van der Waals surface area contributed by atoms with Crippen LogP contribution in [0.15, 0.2) is 16.2 Å². The molecule has 0 unspecified atom stereocenters. The van der Waals surface area contributed by atoms with Crippen LogP contribution >= 0.6 is 0 Å². The second-order valence-corrected chi connectivity index (χ2v) is 7.70. The number of ether oxygens (including phenoxy) is 1. The lowest BCUT2D eigenvalue weighted by atomic mass is 9.75. The van der Waals surface area contributed by atoms with Crippen molar-refractivity contribution >= 4 is 5.91 Å². The van der Waals surface area contributed by atoms with Crippen molar-refractivity contribution < 1.29 is 14.1 Å². The molecule has 2 aliphatic rings. The van der Waals surface area contributed by atoms with Gasteiger partial charge in [0.15, 0.2) is 5.82 Å². The van der Waals surface area contributed by atoms with E-state index in [2.05, 4.69) is 24.0 Å². The maximum Gasteiger partial charge on any atom is 0.252 e. The number of allylic oxidation sites excluding steroid dienone is 1. The van der Waals surface area contributed by atoms with Crippen LogP contribution in [0.4, 0.5) is 0 Å². The van der Waals surface area contributed by atoms with Crippen molar-refractivity contribution in [2.45, 2.75) is 65.5 Å². The van der Waals surface area contributed by atoms with Gasteiger partial charge in [0.2, 0.25) is 5.91 Å². The molecule has 24 heavy (non-hydrogen) atoms. The summed E-state index contributed by atoms with van der Waals surface area (Å²) in [6.45, 7) is 9.39. The smallest absolute Gasteiger partial charge is 0.252 e. The van der Waals surface area contributed by atoms with Crippen LogP contribution in [0.2, 0.25) is 0 Å². The average Bonchev–Trinajstić information content (AvgIpc) is 2.95. The summed E-state index contributed by atoms with van der Waals surface area (Å²) >= 11 is 0. The Hall–Kier alpha value is -1.69. The highest BCUT2D eigenvalue weighted by Gasteiger charge is 2.37. The second-order valence-electron chi connectivity index (χ2n) is 7.70. The van der Waals surface area contributed by atoms with E-state index in [1.54, 1.807) is 6.92 Å². The summed E-state index contributed by atoms with van der Waals surface area (Å²) in [5.41, 5.74) is 1.64. The Morgan fingerprint density at radius 3 is 2.67 bits per heavy atom. The third-order valence-corrected chi connectivity index (χ3v) is 5.15. The lowest BCUT2D eigenvalue weighted by Gasteiger charge is -2.37. The zero-order valence-electron chi connectivity index (χ0n) is 15.0. The number of carbonyl (C=O) groups excluding carboxylic acids is 1. The van der Waals surface area contributed by atoms with E-state index in [-0.39, 0.29) is 18.1 Å². The number of morpholine rings is 1. The van der Waals surface area contributed by atoms with E-state index in [1.807, 2.05) is 17.9 Å². The van der Waals surface area contributed by atoms with Crippen molar-refractivity contribution in [3.63, 3.8) is 0 Å². The molecule has 3 rings (SSSR count). The first-order valence-corrected chi connectivity index (χ1v) is 8.77. The first-order valence-electron chi connectivity index (χ1n) is 8.77. The van der Waals surface area contributed by atoms with Gasteiger partial charge in [-0.25, -0.2) is 0 Å². The predicted octanol–water partition coefficient (Wildman–Crippen LogP) is 3.19. The fraction of sp³-hybridized carbons (Fsp3) is 0.722. The van der Waals surface area contributed by atoms with Gasteiger partial charge in [0.1, 0.15) is 6.04 Å². The normalized spacial score (nSPS) is 27.2. The summed E-state index contributed by atoms with van der Waals surface area (Å²) in [6, 6.07) is -0.315. The molecule has 1 amide bonds. The Kier molecular flexibility index (Phi) is 4.76. The Labute approximate surface area is 143 Å². The van der Waals surface area contributed by atoms with E-state index in [0.29, 0.717) is 30.3 Å². The van der Waals surface area contributed by atoms with Gasteiger partial charge in [-0.15, -0.1) is 0 Å². The molecule has 6 heteroatoms. The second kappa shape index (κ2) is 6.67. The molecule has 1 aliphatic carbocycles. The lowest BCUT2D eigenvalue weighted by molar-refractivity contribution is -0.142. The summed E-state index contributed by atoms with van der Waals surface area (Å²) in [4.78, 5) is 19.0. The number of aryl methyl sites for hydroxylation is 1.